The Morgan fingerprint density at radius 3 is 2.58 bits per heavy atom. The molecule has 3 rings (SSSR count). The number of thiophene rings is 1. The first kappa shape index (κ1) is 12.5. The van der Waals surface area contributed by atoms with Crippen LogP contribution in [0.3, 0.4) is 0 Å². The van der Waals surface area contributed by atoms with Crippen LogP contribution in [-0.4, -0.2) is 6.10 Å². The van der Waals surface area contributed by atoms with Crippen LogP contribution in [0.2, 0.25) is 0 Å². The van der Waals surface area contributed by atoms with Crippen LogP contribution in [0.25, 0.3) is 0 Å². The van der Waals surface area contributed by atoms with E-state index in [9.17, 15) is 0 Å². The molecule has 1 aliphatic rings. The zero-order valence-electron chi connectivity index (χ0n) is 11.0. The molecule has 0 atom stereocenters. The summed E-state index contributed by atoms with van der Waals surface area (Å²) >= 11 is 1.78. The largest absolute Gasteiger partial charge is 0.490 e. The van der Waals surface area contributed by atoms with Gasteiger partial charge in [-0.05, 0) is 61.4 Å². The Bertz CT molecular complexity index is 486. The average Bonchev–Trinajstić information content (AvgIpc) is 3.11. The summed E-state index contributed by atoms with van der Waals surface area (Å²) in [5, 5.41) is 5.53. The van der Waals surface area contributed by atoms with Crippen molar-refractivity contribution >= 4 is 17.0 Å². The summed E-state index contributed by atoms with van der Waals surface area (Å²) in [5.41, 5.74) is 1.15. The molecule has 1 aromatic carbocycles. The molecular formula is C16H19NOS. The van der Waals surface area contributed by atoms with Crippen LogP contribution in [0, 0.1) is 0 Å². The van der Waals surface area contributed by atoms with Crippen molar-refractivity contribution in [3.63, 3.8) is 0 Å². The van der Waals surface area contributed by atoms with Crippen molar-refractivity contribution in [3.05, 3.63) is 46.7 Å². The van der Waals surface area contributed by atoms with Gasteiger partial charge >= 0.3 is 0 Å². The number of anilines is 1. The molecule has 100 valence electrons. The third-order valence-corrected chi connectivity index (χ3v) is 4.38. The Morgan fingerprint density at radius 2 is 1.89 bits per heavy atom. The molecule has 2 aromatic rings. The highest BCUT2D eigenvalue weighted by atomic mass is 32.1. The van der Waals surface area contributed by atoms with Crippen molar-refractivity contribution in [2.75, 3.05) is 5.32 Å². The topological polar surface area (TPSA) is 21.3 Å². The minimum atomic E-state index is 0.435. The molecule has 1 heterocycles. The van der Waals surface area contributed by atoms with Crippen molar-refractivity contribution in [1.29, 1.82) is 0 Å². The lowest BCUT2D eigenvalue weighted by atomic mass is 10.2. The molecule has 0 aliphatic heterocycles. The second-order valence-electron chi connectivity index (χ2n) is 4.98. The van der Waals surface area contributed by atoms with Gasteiger partial charge in [-0.2, -0.15) is 0 Å². The molecule has 1 N–H and O–H groups in total. The first-order valence-electron chi connectivity index (χ1n) is 6.93. The van der Waals surface area contributed by atoms with E-state index in [1.807, 2.05) is 0 Å². The Kier molecular flexibility index (Phi) is 4.04. The molecule has 1 fully saturated rings. The highest BCUT2D eigenvalue weighted by molar-refractivity contribution is 7.09. The van der Waals surface area contributed by atoms with Gasteiger partial charge in [-0.25, -0.2) is 0 Å². The SMILES string of the molecule is c1csc(CNc2ccc(OC3CCCC3)cc2)c1. The Labute approximate surface area is 118 Å². The van der Waals surface area contributed by atoms with E-state index >= 15 is 0 Å². The maximum Gasteiger partial charge on any atom is 0.119 e. The molecule has 0 unspecified atom stereocenters. The molecule has 1 saturated carbocycles. The van der Waals surface area contributed by atoms with E-state index in [-0.39, 0.29) is 0 Å². The maximum atomic E-state index is 5.95. The van der Waals surface area contributed by atoms with Crippen molar-refractivity contribution in [3.8, 4) is 5.75 Å². The molecule has 0 amide bonds. The molecule has 2 nitrogen and oxygen atoms in total. The predicted octanol–water partition coefficient (Wildman–Crippen LogP) is 4.68. The summed E-state index contributed by atoms with van der Waals surface area (Å²) in [6, 6.07) is 12.6. The number of rotatable bonds is 5. The van der Waals surface area contributed by atoms with Gasteiger partial charge < -0.3 is 10.1 Å². The van der Waals surface area contributed by atoms with E-state index in [0.717, 1.165) is 18.0 Å². The standard InChI is InChI=1S/C16H19NOS/c1-2-5-14(4-1)18-15-9-7-13(8-10-15)17-12-16-6-3-11-19-16/h3,6-11,14,17H,1-2,4-5,12H2. The fourth-order valence-electron chi connectivity index (χ4n) is 2.45. The summed E-state index contributed by atoms with van der Waals surface area (Å²) in [6.45, 7) is 0.889. The summed E-state index contributed by atoms with van der Waals surface area (Å²) in [5.74, 6) is 0.994. The summed E-state index contributed by atoms with van der Waals surface area (Å²) in [6.07, 6.45) is 5.47. The van der Waals surface area contributed by atoms with Crippen LogP contribution in [0.1, 0.15) is 30.6 Å². The first-order chi connectivity index (χ1) is 9.40. The van der Waals surface area contributed by atoms with E-state index < -0.39 is 0 Å². The third-order valence-electron chi connectivity index (χ3n) is 3.51. The zero-order chi connectivity index (χ0) is 12.9. The molecule has 0 saturated heterocycles. The Morgan fingerprint density at radius 1 is 1.11 bits per heavy atom. The van der Waals surface area contributed by atoms with E-state index in [1.54, 1.807) is 11.3 Å². The number of ether oxygens (including phenoxy) is 1. The monoisotopic (exact) mass is 273 g/mol. The first-order valence-corrected chi connectivity index (χ1v) is 7.81. The lowest BCUT2D eigenvalue weighted by Gasteiger charge is -2.13. The lowest BCUT2D eigenvalue weighted by Crippen LogP contribution is -2.10. The second-order valence-corrected chi connectivity index (χ2v) is 6.01. The van der Waals surface area contributed by atoms with Gasteiger partial charge in [0, 0.05) is 17.1 Å². The zero-order valence-corrected chi connectivity index (χ0v) is 11.8. The quantitative estimate of drug-likeness (QED) is 0.854. The normalized spacial score (nSPS) is 15.6. The average molecular weight is 273 g/mol. The van der Waals surface area contributed by atoms with Gasteiger partial charge in [0.15, 0.2) is 0 Å². The van der Waals surface area contributed by atoms with Gasteiger partial charge in [0.25, 0.3) is 0 Å². The summed E-state index contributed by atoms with van der Waals surface area (Å²) in [4.78, 5) is 1.35. The van der Waals surface area contributed by atoms with Crippen LogP contribution in [0.4, 0.5) is 5.69 Å². The van der Waals surface area contributed by atoms with Crippen LogP contribution in [0.5, 0.6) is 5.75 Å². The third kappa shape index (κ3) is 3.51. The fraction of sp³-hybridized carbons (Fsp3) is 0.375. The van der Waals surface area contributed by atoms with Crippen LogP contribution < -0.4 is 10.1 Å². The highest BCUT2D eigenvalue weighted by Crippen LogP contribution is 2.25. The van der Waals surface area contributed by atoms with Crippen molar-refractivity contribution in [1.82, 2.24) is 0 Å². The van der Waals surface area contributed by atoms with Crippen molar-refractivity contribution < 1.29 is 4.74 Å². The lowest BCUT2D eigenvalue weighted by molar-refractivity contribution is 0.210. The second kappa shape index (κ2) is 6.11. The van der Waals surface area contributed by atoms with Crippen LogP contribution >= 0.6 is 11.3 Å². The highest BCUT2D eigenvalue weighted by Gasteiger charge is 2.16. The van der Waals surface area contributed by atoms with Crippen LogP contribution in [-0.2, 0) is 6.54 Å². The number of hydrogen-bond donors (Lipinski definition) is 1. The molecular weight excluding hydrogens is 254 g/mol. The molecule has 3 heteroatoms. The summed E-state index contributed by atoms with van der Waals surface area (Å²) < 4.78 is 5.95. The molecule has 1 aromatic heterocycles. The van der Waals surface area contributed by atoms with Gasteiger partial charge in [-0.15, -0.1) is 11.3 Å². The number of hydrogen-bond acceptors (Lipinski definition) is 3. The molecule has 0 spiro atoms. The van der Waals surface area contributed by atoms with Crippen molar-refractivity contribution in [2.45, 2.75) is 38.3 Å². The van der Waals surface area contributed by atoms with E-state index in [2.05, 4.69) is 47.1 Å². The van der Waals surface area contributed by atoms with Crippen molar-refractivity contribution in [2.24, 2.45) is 0 Å². The fourth-order valence-corrected chi connectivity index (χ4v) is 3.10. The van der Waals surface area contributed by atoms with Gasteiger partial charge in [0.1, 0.15) is 5.75 Å². The van der Waals surface area contributed by atoms with Gasteiger partial charge in [0.2, 0.25) is 0 Å². The van der Waals surface area contributed by atoms with Crippen LogP contribution in [0.15, 0.2) is 41.8 Å². The number of nitrogens with one attached hydrogen (secondary N) is 1. The van der Waals surface area contributed by atoms with Gasteiger partial charge in [0.05, 0.1) is 6.10 Å². The van der Waals surface area contributed by atoms with E-state index in [4.69, 9.17) is 4.74 Å². The Hall–Kier alpha value is -1.48. The molecule has 0 radical (unpaired) electrons. The number of benzene rings is 1. The molecule has 0 bridgehead atoms. The van der Waals surface area contributed by atoms with Gasteiger partial charge in [-0.1, -0.05) is 6.07 Å². The molecule has 1 aliphatic carbocycles. The minimum Gasteiger partial charge on any atom is -0.490 e. The van der Waals surface area contributed by atoms with E-state index in [1.165, 1.54) is 30.6 Å². The maximum absolute atomic E-state index is 5.95. The summed E-state index contributed by atoms with van der Waals surface area (Å²) in [7, 11) is 0. The minimum absolute atomic E-state index is 0.435. The Balaban J connectivity index is 1.53. The predicted molar refractivity (Wildman–Crippen MR) is 81.0 cm³/mol. The van der Waals surface area contributed by atoms with E-state index in [0.29, 0.717) is 6.10 Å². The van der Waals surface area contributed by atoms with Gasteiger partial charge in [-0.3, -0.25) is 0 Å². The molecule has 19 heavy (non-hydrogen) atoms. The smallest absolute Gasteiger partial charge is 0.119 e.